The quantitative estimate of drug-likeness (QED) is 0.618. The van der Waals surface area contributed by atoms with Crippen molar-refractivity contribution in [1.82, 2.24) is 10.2 Å². The van der Waals surface area contributed by atoms with Crippen LogP contribution in [0.1, 0.15) is 33.1 Å². The van der Waals surface area contributed by atoms with Crippen molar-refractivity contribution in [3.8, 4) is 0 Å². The summed E-state index contributed by atoms with van der Waals surface area (Å²) in [7, 11) is 4.06. The Kier molecular flexibility index (Phi) is 7.15. The molecule has 0 bridgehead atoms. The molecule has 0 amide bonds. The minimum atomic E-state index is -0.104. The van der Waals surface area contributed by atoms with Crippen molar-refractivity contribution in [2.24, 2.45) is 0 Å². The van der Waals surface area contributed by atoms with E-state index in [2.05, 4.69) is 31.1 Å². The highest BCUT2D eigenvalue weighted by molar-refractivity contribution is 4.80. The Morgan fingerprint density at radius 1 is 1.36 bits per heavy atom. The lowest BCUT2D eigenvalue weighted by atomic mass is 9.97. The molecule has 0 fully saturated rings. The van der Waals surface area contributed by atoms with Crippen LogP contribution >= 0.6 is 0 Å². The number of hydrogen-bond acceptors (Lipinski definition) is 3. The number of nitrogens with one attached hydrogen (secondary N) is 1. The average Bonchev–Trinajstić information content (AvgIpc) is 2.18. The van der Waals surface area contributed by atoms with Crippen LogP contribution in [-0.4, -0.2) is 49.3 Å². The second-order valence-electron chi connectivity index (χ2n) is 4.38. The van der Waals surface area contributed by atoms with Gasteiger partial charge in [-0.1, -0.05) is 6.92 Å². The zero-order chi connectivity index (χ0) is 11.0. The highest BCUT2D eigenvalue weighted by atomic mass is 16.3. The van der Waals surface area contributed by atoms with E-state index in [0.717, 1.165) is 25.9 Å². The van der Waals surface area contributed by atoms with Crippen LogP contribution in [0.5, 0.6) is 0 Å². The standard InChI is InChI=1S/C11H26N2O/c1-5-8-13(4)9-6-7-11(2,10-14)12-3/h12,14H,5-10H2,1-4H3. The van der Waals surface area contributed by atoms with Gasteiger partial charge < -0.3 is 15.3 Å². The van der Waals surface area contributed by atoms with Gasteiger partial charge in [-0.3, -0.25) is 0 Å². The molecule has 0 aliphatic rings. The third-order valence-electron chi connectivity index (χ3n) is 2.83. The molecule has 0 heterocycles. The first-order valence-electron chi connectivity index (χ1n) is 5.56. The Morgan fingerprint density at radius 2 is 2.00 bits per heavy atom. The molecule has 86 valence electrons. The number of aliphatic hydroxyl groups is 1. The van der Waals surface area contributed by atoms with E-state index in [1.54, 1.807) is 0 Å². The zero-order valence-electron chi connectivity index (χ0n) is 10.1. The lowest BCUT2D eigenvalue weighted by Crippen LogP contribution is -2.43. The van der Waals surface area contributed by atoms with Gasteiger partial charge >= 0.3 is 0 Å². The number of likely N-dealkylation sites (N-methyl/N-ethyl adjacent to an activating group) is 1. The van der Waals surface area contributed by atoms with Crippen molar-refractivity contribution in [2.45, 2.75) is 38.6 Å². The number of nitrogens with zero attached hydrogens (tertiary/aromatic N) is 1. The molecule has 0 spiro atoms. The topological polar surface area (TPSA) is 35.5 Å². The minimum absolute atomic E-state index is 0.104. The number of aliphatic hydroxyl groups excluding tert-OH is 1. The molecule has 0 aromatic carbocycles. The molecule has 0 saturated heterocycles. The first-order valence-corrected chi connectivity index (χ1v) is 5.56. The van der Waals surface area contributed by atoms with Gasteiger partial charge in [-0.05, 0) is 53.4 Å². The van der Waals surface area contributed by atoms with Crippen molar-refractivity contribution >= 4 is 0 Å². The molecule has 0 aliphatic carbocycles. The molecule has 0 saturated carbocycles. The molecular weight excluding hydrogens is 176 g/mol. The summed E-state index contributed by atoms with van der Waals surface area (Å²) < 4.78 is 0. The molecule has 0 rings (SSSR count). The van der Waals surface area contributed by atoms with Crippen LogP contribution in [0.15, 0.2) is 0 Å². The summed E-state index contributed by atoms with van der Waals surface area (Å²) in [4.78, 5) is 2.34. The van der Waals surface area contributed by atoms with E-state index in [1.165, 1.54) is 6.42 Å². The second kappa shape index (κ2) is 7.21. The van der Waals surface area contributed by atoms with Gasteiger partial charge in [0.2, 0.25) is 0 Å². The van der Waals surface area contributed by atoms with Crippen LogP contribution in [-0.2, 0) is 0 Å². The van der Waals surface area contributed by atoms with Crippen LogP contribution in [0.2, 0.25) is 0 Å². The summed E-state index contributed by atoms with van der Waals surface area (Å²) in [5, 5.41) is 12.3. The van der Waals surface area contributed by atoms with E-state index in [-0.39, 0.29) is 12.1 Å². The summed E-state index contributed by atoms with van der Waals surface area (Å²) in [5.74, 6) is 0. The van der Waals surface area contributed by atoms with Gasteiger partial charge in [-0.2, -0.15) is 0 Å². The largest absolute Gasteiger partial charge is 0.394 e. The third-order valence-corrected chi connectivity index (χ3v) is 2.83. The first-order chi connectivity index (χ1) is 6.58. The SMILES string of the molecule is CCCN(C)CCCC(C)(CO)NC. The molecule has 1 atom stereocenters. The smallest absolute Gasteiger partial charge is 0.0610 e. The fraction of sp³-hybridized carbons (Fsp3) is 1.00. The van der Waals surface area contributed by atoms with Gasteiger partial charge in [-0.15, -0.1) is 0 Å². The van der Waals surface area contributed by atoms with Crippen molar-refractivity contribution in [2.75, 3.05) is 33.8 Å². The average molecular weight is 202 g/mol. The van der Waals surface area contributed by atoms with E-state index < -0.39 is 0 Å². The van der Waals surface area contributed by atoms with Gasteiger partial charge in [0, 0.05) is 5.54 Å². The Morgan fingerprint density at radius 3 is 2.43 bits per heavy atom. The Bertz CT molecular complexity index is 135. The highest BCUT2D eigenvalue weighted by Crippen LogP contribution is 2.10. The first kappa shape index (κ1) is 13.9. The molecule has 0 aromatic rings. The van der Waals surface area contributed by atoms with Crippen LogP contribution in [0.3, 0.4) is 0 Å². The molecule has 3 heteroatoms. The Hall–Kier alpha value is -0.120. The van der Waals surface area contributed by atoms with Crippen LogP contribution in [0.25, 0.3) is 0 Å². The monoisotopic (exact) mass is 202 g/mol. The summed E-state index contributed by atoms with van der Waals surface area (Å²) in [6, 6.07) is 0. The van der Waals surface area contributed by atoms with Gasteiger partial charge in [0.15, 0.2) is 0 Å². The van der Waals surface area contributed by atoms with E-state index in [4.69, 9.17) is 0 Å². The zero-order valence-corrected chi connectivity index (χ0v) is 10.1. The fourth-order valence-corrected chi connectivity index (χ4v) is 1.52. The van der Waals surface area contributed by atoms with Crippen LogP contribution in [0.4, 0.5) is 0 Å². The van der Waals surface area contributed by atoms with Crippen molar-refractivity contribution in [3.05, 3.63) is 0 Å². The predicted molar refractivity (Wildman–Crippen MR) is 61.6 cm³/mol. The maximum atomic E-state index is 9.18. The number of rotatable bonds is 8. The summed E-state index contributed by atoms with van der Waals surface area (Å²) in [6.07, 6.45) is 3.36. The van der Waals surface area contributed by atoms with E-state index in [9.17, 15) is 5.11 Å². The molecule has 1 unspecified atom stereocenters. The van der Waals surface area contributed by atoms with E-state index in [1.807, 2.05) is 7.05 Å². The highest BCUT2D eigenvalue weighted by Gasteiger charge is 2.19. The fourth-order valence-electron chi connectivity index (χ4n) is 1.52. The van der Waals surface area contributed by atoms with E-state index >= 15 is 0 Å². The molecular formula is C11H26N2O. The number of hydrogen-bond donors (Lipinski definition) is 2. The Labute approximate surface area is 88.5 Å². The maximum absolute atomic E-state index is 9.18. The van der Waals surface area contributed by atoms with Gasteiger partial charge in [0.05, 0.1) is 6.61 Å². The summed E-state index contributed by atoms with van der Waals surface area (Å²) >= 11 is 0. The molecule has 0 radical (unpaired) electrons. The lowest BCUT2D eigenvalue weighted by molar-refractivity contribution is 0.166. The molecule has 0 aromatic heterocycles. The van der Waals surface area contributed by atoms with Crippen molar-refractivity contribution < 1.29 is 5.11 Å². The van der Waals surface area contributed by atoms with Crippen LogP contribution < -0.4 is 5.32 Å². The molecule has 0 aliphatic heterocycles. The molecule has 14 heavy (non-hydrogen) atoms. The summed E-state index contributed by atoms with van der Waals surface area (Å²) in [6.45, 7) is 6.75. The lowest BCUT2D eigenvalue weighted by Gasteiger charge is -2.27. The summed E-state index contributed by atoms with van der Waals surface area (Å²) in [5.41, 5.74) is -0.104. The maximum Gasteiger partial charge on any atom is 0.0610 e. The molecule has 2 N–H and O–H groups in total. The second-order valence-corrected chi connectivity index (χ2v) is 4.38. The minimum Gasteiger partial charge on any atom is -0.394 e. The van der Waals surface area contributed by atoms with E-state index in [0.29, 0.717) is 0 Å². The van der Waals surface area contributed by atoms with Crippen molar-refractivity contribution in [1.29, 1.82) is 0 Å². The molecule has 3 nitrogen and oxygen atoms in total. The normalized spacial score (nSPS) is 15.9. The van der Waals surface area contributed by atoms with Crippen molar-refractivity contribution in [3.63, 3.8) is 0 Å². The Balaban J connectivity index is 3.61. The third kappa shape index (κ3) is 5.58. The van der Waals surface area contributed by atoms with Gasteiger partial charge in [-0.25, -0.2) is 0 Å². The van der Waals surface area contributed by atoms with Crippen LogP contribution in [0, 0.1) is 0 Å². The van der Waals surface area contributed by atoms with Gasteiger partial charge in [0.1, 0.15) is 0 Å². The van der Waals surface area contributed by atoms with Gasteiger partial charge in [0.25, 0.3) is 0 Å². The predicted octanol–water partition coefficient (Wildman–Crippen LogP) is 1.08.